The molecule has 0 saturated carbocycles. The molecule has 0 atom stereocenters. The molecule has 2 aromatic carbocycles. The fourth-order valence-electron chi connectivity index (χ4n) is 2.67. The SMILES string of the molecule is N#CCc1ccc(-c2cnn(CCNC(=O)OCc3ccccc3)c2)c(F)c1. The Balaban J connectivity index is 1.48. The van der Waals surface area contributed by atoms with E-state index in [9.17, 15) is 9.18 Å². The number of alkyl carbamates (subject to hydrolysis) is 1. The minimum Gasteiger partial charge on any atom is -0.445 e. The van der Waals surface area contributed by atoms with Crippen molar-refractivity contribution < 1.29 is 13.9 Å². The van der Waals surface area contributed by atoms with E-state index in [1.165, 1.54) is 6.07 Å². The number of carbonyl (C=O) groups excluding carboxylic acids is 1. The van der Waals surface area contributed by atoms with Crippen LogP contribution in [0.4, 0.5) is 9.18 Å². The maximum Gasteiger partial charge on any atom is 0.407 e. The predicted molar refractivity (Wildman–Crippen MR) is 102 cm³/mol. The third kappa shape index (κ3) is 5.17. The summed E-state index contributed by atoms with van der Waals surface area (Å²) in [4.78, 5) is 11.7. The second kappa shape index (κ2) is 9.33. The molecule has 28 heavy (non-hydrogen) atoms. The first kappa shape index (κ1) is 19.1. The lowest BCUT2D eigenvalue weighted by molar-refractivity contribution is 0.139. The highest BCUT2D eigenvalue weighted by Crippen LogP contribution is 2.23. The van der Waals surface area contributed by atoms with Gasteiger partial charge >= 0.3 is 6.09 Å². The molecule has 1 N–H and O–H groups in total. The van der Waals surface area contributed by atoms with Crippen LogP contribution in [0.15, 0.2) is 60.9 Å². The van der Waals surface area contributed by atoms with Crippen LogP contribution in [0.2, 0.25) is 0 Å². The number of halogens is 1. The van der Waals surface area contributed by atoms with E-state index in [1.54, 1.807) is 29.2 Å². The number of hydrogen-bond acceptors (Lipinski definition) is 4. The fourth-order valence-corrected chi connectivity index (χ4v) is 2.67. The molecular weight excluding hydrogens is 359 g/mol. The van der Waals surface area contributed by atoms with Gasteiger partial charge in [-0.2, -0.15) is 10.4 Å². The topological polar surface area (TPSA) is 79.9 Å². The summed E-state index contributed by atoms with van der Waals surface area (Å²) in [6.07, 6.45) is 2.94. The molecule has 1 aromatic heterocycles. The van der Waals surface area contributed by atoms with E-state index in [0.717, 1.165) is 5.56 Å². The molecule has 0 fully saturated rings. The molecule has 0 spiro atoms. The summed E-state index contributed by atoms with van der Waals surface area (Å²) in [6.45, 7) is 0.965. The van der Waals surface area contributed by atoms with Crippen LogP contribution in [-0.2, 0) is 24.3 Å². The number of benzene rings is 2. The Morgan fingerprint density at radius 1 is 1.21 bits per heavy atom. The van der Waals surface area contributed by atoms with Gasteiger partial charge in [-0.1, -0.05) is 42.5 Å². The quantitative estimate of drug-likeness (QED) is 0.680. The first-order valence-corrected chi connectivity index (χ1v) is 8.78. The number of aromatic nitrogens is 2. The first-order chi connectivity index (χ1) is 13.7. The fraction of sp³-hybridized carbons (Fsp3) is 0.190. The summed E-state index contributed by atoms with van der Waals surface area (Å²) in [7, 11) is 0. The van der Waals surface area contributed by atoms with Gasteiger partial charge in [0.1, 0.15) is 12.4 Å². The van der Waals surface area contributed by atoms with Crippen LogP contribution in [0.1, 0.15) is 11.1 Å². The summed E-state index contributed by atoms with van der Waals surface area (Å²) in [5.41, 5.74) is 2.60. The summed E-state index contributed by atoms with van der Waals surface area (Å²) in [5, 5.41) is 15.5. The highest BCUT2D eigenvalue weighted by Gasteiger charge is 2.09. The van der Waals surface area contributed by atoms with Gasteiger partial charge < -0.3 is 10.1 Å². The van der Waals surface area contributed by atoms with Gasteiger partial charge in [-0.25, -0.2) is 9.18 Å². The normalized spacial score (nSPS) is 10.3. The van der Waals surface area contributed by atoms with Gasteiger partial charge in [0.25, 0.3) is 0 Å². The molecule has 0 aliphatic rings. The highest BCUT2D eigenvalue weighted by atomic mass is 19.1. The Hall–Kier alpha value is -3.66. The van der Waals surface area contributed by atoms with Gasteiger partial charge in [0, 0.05) is 23.9 Å². The van der Waals surface area contributed by atoms with Crippen molar-refractivity contribution in [3.05, 3.63) is 77.9 Å². The first-order valence-electron chi connectivity index (χ1n) is 8.78. The third-order valence-electron chi connectivity index (χ3n) is 4.08. The number of amides is 1. The number of carbonyl (C=O) groups is 1. The zero-order valence-electron chi connectivity index (χ0n) is 15.1. The molecule has 0 aliphatic carbocycles. The van der Waals surface area contributed by atoms with E-state index in [-0.39, 0.29) is 13.0 Å². The van der Waals surface area contributed by atoms with Gasteiger partial charge in [0.15, 0.2) is 0 Å². The van der Waals surface area contributed by atoms with E-state index in [0.29, 0.717) is 29.8 Å². The molecule has 0 saturated heterocycles. The molecular formula is C21H19FN4O2. The highest BCUT2D eigenvalue weighted by molar-refractivity contribution is 5.67. The molecule has 1 amide bonds. The molecule has 6 nitrogen and oxygen atoms in total. The number of hydrogen-bond donors (Lipinski definition) is 1. The third-order valence-corrected chi connectivity index (χ3v) is 4.08. The predicted octanol–water partition coefficient (Wildman–Crippen LogP) is 3.68. The van der Waals surface area contributed by atoms with Crippen molar-refractivity contribution in [3.63, 3.8) is 0 Å². The molecule has 3 rings (SSSR count). The molecule has 1 heterocycles. The summed E-state index contributed by atoms with van der Waals surface area (Å²) >= 11 is 0. The lowest BCUT2D eigenvalue weighted by Crippen LogP contribution is -2.27. The Bertz CT molecular complexity index is 980. The smallest absolute Gasteiger partial charge is 0.407 e. The number of rotatable bonds is 7. The van der Waals surface area contributed by atoms with E-state index in [4.69, 9.17) is 10.00 Å². The minimum atomic E-state index is -0.504. The van der Waals surface area contributed by atoms with Crippen molar-refractivity contribution in [2.75, 3.05) is 6.54 Å². The zero-order valence-corrected chi connectivity index (χ0v) is 15.1. The molecule has 7 heteroatoms. The monoisotopic (exact) mass is 378 g/mol. The van der Waals surface area contributed by atoms with Crippen LogP contribution < -0.4 is 5.32 Å². The average molecular weight is 378 g/mol. The van der Waals surface area contributed by atoms with Crippen LogP contribution in [0.5, 0.6) is 0 Å². The standard InChI is InChI=1S/C21H19FN4O2/c22-20-12-16(8-9-23)6-7-19(20)18-13-25-26(14-18)11-10-24-21(27)28-15-17-4-2-1-3-5-17/h1-7,12-14H,8,10-11,15H2,(H,24,27). The Kier molecular flexibility index (Phi) is 6.37. The Morgan fingerprint density at radius 3 is 2.79 bits per heavy atom. The van der Waals surface area contributed by atoms with Crippen molar-refractivity contribution in [1.82, 2.24) is 15.1 Å². The maximum atomic E-state index is 14.2. The lowest BCUT2D eigenvalue weighted by Gasteiger charge is -2.07. The maximum absolute atomic E-state index is 14.2. The van der Waals surface area contributed by atoms with Gasteiger partial charge in [0.05, 0.1) is 25.2 Å². The molecule has 0 bridgehead atoms. The second-order valence-electron chi connectivity index (χ2n) is 6.13. The van der Waals surface area contributed by atoms with Crippen molar-refractivity contribution >= 4 is 6.09 Å². The van der Waals surface area contributed by atoms with E-state index >= 15 is 0 Å². The van der Waals surface area contributed by atoms with Gasteiger partial charge in [-0.05, 0) is 17.2 Å². The number of nitrogens with zero attached hydrogens (tertiary/aromatic N) is 3. The van der Waals surface area contributed by atoms with Crippen molar-refractivity contribution in [3.8, 4) is 17.2 Å². The number of nitrogens with one attached hydrogen (secondary N) is 1. The molecule has 0 radical (unpaired) electrons. The second-order valence-corrected chi connectivity index (χ2v) is 6.13. The summed E-state index contributed by atoms with van der Waals surface area (Å²) < 4.78 is 21.0. The van der Waals surface area contributed by atoms with E-state index in [2.05, 4.69) is 10.4 Å². The van der Waals surface area contributed by atoms with Gasteiger partial charge in [-0.15, -0.1) is 0 Å². The van der Waals surface area contributed by atoms with Gasteiger partial charge in [0.2, 0.25) is 0 Å². The minimum absolute atomic E-state index is 0.169. The largest absolute Gasteiger partial charge is 0.445 e. The average Bonchev–Trinajstić information content (AvgIpc) is 3.16. The summed E-state index contributed by atoms with van der Waals surface area (Å²) in [5.74, 6) is -0.394. The van der Waals surface area contributed by atoms with Crippen LogP contribution in [0, 0.1) is 17.1 Å². The van der Waals surface area contributed by atoms with E-state index in [1.807, 2.05) is 36.4 Å². The van der Waals surface area contributed by atoms with Crippen molar-refractivity contribution in [1.29, 1.82) is 5.26 Å². The van der Waals surface area contributed by atoms with Crippen LogP contribution in [0.3, 0.4) is 0 Å². The summed E-state index contributed by atoms with van der Waals surface area (Å²) in [6, 6.07) is 16.1. The number of nitriles is 1. The van der Waals surface area contributed by atoms with Crippen molar-refractivity contribution in [2.45, 2.75) is 19.6 Å². The Labute approximate surface area is 162 Å². The molecule has 0 unspecified atom stereocenters. The van der Waals surface area contributed by atoms with Crippen LogP contribution in [0.25, 0.3) is 11.1 Å². The van der Waals surface area contributed by atoms with E-state index < -0.39 is 11.9 Å². The molecule has 3 aromatic rings. The zero-order chi connectivity index (χ0) is 19.8. The lowest BCUT2D eigenvalue weighted by atomic mass is 10.1. The van der Waals surface area contributed by atoms with Crippen LogP contribution >= 0.6 is 0 Å². The van der Waals surface area contributed by atoms with Crippen molar-refractivity contribution in [2.24, 2.45) is 0 Å². The van der Waals surface area contributed by atoms with Crippen LogP contribution in [-0.4, -0.2) is 22.4 Å². The van der Waals surface area contributed by atoms with Gasteiger partial charge in [-0.3, -0.25) is 4.68 Å². The Morgan fingerprint density at radius 2 is 2.04 bits per heavy atom. The number of ether oxygens (including phenoxy) is 1. The molecule has 0 aliphatic heterocycles. The molecule has 142 valence electrons.